The third-order valence-corrected chi connectivity index (χ3v) is 7.03. The number of aromatic carboxylic acids is 1. The highest BCUT2D eigenvalue weighted by atomic mass is 32.1. The largest absolute Gasteiger partial charge is 0.477 e. The molecule has 0 aliphatic heterocycles. The number of benzene rings is 2. The van der Waals surface area contributed by atoms with Crippen LogP contribution in [0.2, 0.25) is 0 Å². The van der Waals surface area contributed by atoms with E-state index in [1.165, 1.54) is 52.0 Å². The molecule has 6 heteroatoms. The third kappa shape index (κ3) is 4.49. The van der Waals surface area contributed by atoms with Crippen molar-refractivity contribution in [2.75, 3.05) is 7.11 Å². The van der Waals surface area contributed by atoms with Gasteiger partial charge in [0.1, 0.15) is 9.75 Å². The lowest BCUT2D eigenvalue weighted by atomic mass is 10.1. The van der Waals surface area contributed by atoms with E-state index in [-0.39, 0.29) is 5.97 Å². The standard InChI is InChI=1S/C12H12O2S.C11H10O2S/c1-7-4-9-6-11(12(13)14-3)15-10(9)5-8(7)2;1-6-3-8-5-10(11(12)13)14-9(8)4-7(6)2/h4-6H,1-3H3;3-5H,1-2H3,(H,12,13). The Morgan fingerprint density at radius 1 is 0.724 bits per heavy atom. The Morgan fingerprint density at radius 3 is 1.59 bits per heavy atom. The maximum absolute atomic E-state index is 11.3. The number of thiophene rings is 2. The second kappa shape index (κ2) is 8.35. The van der Waals surface area contributed by atoms with Crippen LogP contribution in [-0.4, -0.2) is 24.2 Å². The van der Waals surface area contributed by atoms with Crippen LogP contribution in [-0.2, 0) is 4.74 Å². The summed E-state index contributed by atoms with van der Waals surface area (Å²) in [5.74, 6) is -1.10. The Balaban J connectivity index is 0.000000166. The molecule has 0 saturated carbocycles. The number of carboxylic acid groups (broad SMARTS) is 1. The van der Waals surface area contributed by atoms with Crippen molar-refractivity contribution in [3.05, 3.63) is 68.4 Å². The van der Waals surface area contributed by atoms with Gasteiger partial charge in [-0.3, -0.25) is 0 Å². The van der Waals surface area contributed by atoms with Gasteiger partial charge < -0.3 is 9.84 Å². The summed E-state index contributed by atoms with van der Waals surface area (Å²) >= 11 is 2.81. The van der Waals surface area contributed by atoms with Crippen LogP contribution in [0.5, 0.6) is 0 Å². The van der Waals surface area contributed by atoms with Crippen molar-refractivity contribution in [1.29, 1.82) is 0 Å². The summed E-state index contributed by atoms with van der Waals surface area (Å²) in [6, 6.07) is 11.9. The summed E-state index contributed by atoms with van der Waals surface area (Å²) in [5.41, 5.74) is 4.90. The van der Waals surface area contributed by atoms with Gasteiger partial charge in [-0.25, -0.2) is 9.59 Å². The number of ether oxygens (including phenoxy) is 1. The molecular formula is C23H22O4S2. The van der Waals surface area contributed by atoms with Gasteiger partial charge in [-0.1, -0.05) is 12.1 Å². The highest BCUT2D eigenvalue weighted by Crippen LogP contribution is 2.29. The van der Waals surface area contributed by atoms with Crippen LogP contribution in [0.3, 0.4) is 0 Å². The molecule has 0 atom stereocenters. The number of fused-ring (bicyclic) bond motifs is 2. The van der Waals surface area contributed by atoms with Gasteiger partial charge in [-0.2, -0.15) is 0 Å². The number of hydrogen-bond donors (Lipinski definition) is 1. The summed E-state index contributed by atoms with van der Waals surface area (Å²) in [6.45, 7) is 8.22. The van der Waals surface area contributed by atoms with Gasteiger partial charge in [-0.05, 0) is 85.0 Å². The fourth-order valence-electron chi connectivity index (χ4n) is 2.91. The number of rotatable bonds is 2. The Kier molecular flexibility index (Phi) is 6.05. The average molecular weight is 427 g/mol. The van der Waals surface area contributed by atoms with E-state index < -0.39 is 5.97 Å². The van der Waals surface area contributed by atoms with E-state index in [4.69, 9.17) is 9.84 Å². The van der Waals surface area contributed by atoms with Gasteiger partial charge in [-0.15, -0.1) is 22.7 Å². The maximum atomic E-state index is 11.3. The van der Waals surface area contributed by atoms with E-state index >= 15 is 0 Å². The van der Waals surface area contributed by atoms with Crippen molar-refractivity contribution < 1.29 is 19.4 Å². The lowest BCUT2D eigenvalue weighted by Gasteiger charge is -1.97. The molecule has 4 nitrogen and oxygen atoms in total. The molecule has 0 radical (unpaired) electrons. The van der Waals surface area contributed by atoms with Crippen LogP contribution in [0, 0.1) is 27.7 Å². The summed E-state index contributed by atoms with van der Waals surface area (Å²) in [7, 11) is 1.41. The first kappa shape index (κ1) is 21.0. The lowest BCUT2D eigenvalue weighted by molar-refractivity contribution is 0.0605. The van der Waals surface area contributed by atoms with Crippen molar-refractivity contribution >= 4 is 54.8 Å². The SMILES string of the molecule is COC(=O)c1cc2cc(C)c(C)cc2s1.Cc1cc2cc(C(=O)O)sc2cc1C. The second-order valence-electron chi connectivity index (χ2n) is 6.97. The first-order valence-corrected chi connectivity index (χ1v) is 10.7. The van der Waals surface area contributed by atoms with E-state index in [0.717, 1.165) is 20.2 Å². The van der Waals surface area contributed by atoms with Gasteiger partial charge in [0.2, 0.25) is 0 Å². The molecule has 0 aliphatic carbocycles. The van der Waals surface area contributed by atoms with Gasteiger partial charge in [0.15, 0.2) is 0 Å². The van der Waals surface area contributed by atoms with Crippen LogP contribution >= 0.6 is 22.7 Å². The number of carboxylic acids is 1. The van der Waals surface area contributed by atoms with E-state index in [9.17, 15) is 9.59 Å². The second-order valence-corrected chi connectivity index (χ2v) is 9.13. The highest BCUT2D eigenvalue weighted by molar-refractivity contribution is 7.21. The highest BCUT2D eigenvalue weighted by Gasteiger charge is 2.11. The monoisotopic (exact) mass is 426 g/mol. The summed E-state index contributed by atoms with van der Waals surface area (Å²) in [4.78, 5) is 23.2. The summed E-state index contributed by atoms with van der Waals surface area (Å²) < 4.78 is 6.88. The van der Waals surface area contributed by atoms with Crippen LogP contribution in [0.25, 0.3) is 20.2 Å². The number of hydrogen-bond acceptors (Lipinski definition) is 5. The zero-order valence-corrected chi connectivity index (χ0v) is 18.6. The van der Waals surface area contributed by atoms with Crippen LogP contribution in [0.1, 0.15) is 41.6 Å². The smallest absolute Gasteiger partial charge is 0.348 e. The summed E-state index contributed by atoms with van der Waals surface area (Å²) in [5, 5.41) is 11.0. The van der Waals surface area contributed by atoms with Crippen molar-refractivity contribution in [1.82, 2.24) is 0 Å². The molecule has 0 bridgehead atoms. The Morgan fingerprint density at radius 2 is 1.14 bits per heavy atom. The van der Waals surface area contributed by atoms with Crippen molar-refractivity contribution in [2.24, 2.45) is 0 Å². The molecule has 29 heavy (non-hydrogen) atoms. The zero-order valence-electron chi connectivity index (χ0n) is 17.0. The van der Waals surface area contributed by atoms with E-state index in [1.807, 2.05) is 32.0 Å². The predicted octanol–water partition coefficient (Wildman–Crippen LogP) is 6.52. The quantitative estimate of drug-likeness (QED) is 0.371. The molecule has 2 heterocycles. The zero-order chi connectivity index (χ0) is 21.3. The molecule has 4 rings (SSSR count). The fraction of sp³-hybridized carbons (Fsp3) is 0.217. The normalized spacial score (nSPS) is 10.7. The number of methoxy groups -OCH3 is 1. The van der Waals surface area contributed by atoms with Crippen molar-refractivity contribution in [3.8, 4) is 0 Å². The predicted molar refractivity (Wildman–Crippen MR) is 121 cm³/mol. The number of esters is 1. The fourth-order valence-corrected chi connectivity index (χ4v) is 4.95. The molecule has 0 saturated heterocycles. The first-order chi connectivity index (χ1) is 13.7. The Hall–Kier alpha value is -2.70. The molecule has 0 aliphatic rings. The molecular weight excluding hydrogens is 404 g/mol. The third-order valence-electron chi connectivity index (χ3n) is 4.86. The van der Waals surface area contributed by atoms with Crippen molar-refractivity contribution in [3.63, 3.8) is 0 Å². The van der Waals surface area contributed by atoms with Crippen LogP contribution in [0.15, 0.2) is 36.4 Å². The lowest BCUT2D eigenvalue weighted by Crippen LogP contribution is -1.96. The minimum atomic E-state index is -0.846. The molecule has 4 aromatic rings. The minimum absolute atomic E-state index is 0.258. The van der Waals surface area contributed by atoms with Gasteiger partial charge in [0, 0.05) is 9.40 Å². The van der Waals surface area contributed by atoms with Crippen LogP contribution < -0.4 is 0 Å². The average Bonchev–Trinajstić information content (AvgIpc) is 3.26. The minimum Gasteiger partial charge on any atom is -0.477 e. The molecule has 150 valence electrons. The molecule has 2 aromatic carbocycles. The van der Waals surface area contributed by atoms with Crippen molar-refractivity contribution in [2.45, 2.75) is 27.7 Å². The van der Waals surface area contributed by atoms with E-state index in [0.29, 0.717) is 9.75 Å². The van der Waals surface area contributed by atoms with Gasteiger partial charge in [0.25, 0.3) is 0 Å². The molecule has 0 fully saturated rings. The van der Waals surface area contributed by atoms with E-state index in [1.54, 1.807) is 6.07 Å². The maximum Gasteiger partial charge on any atom is 0.348 e. The topological polar surface area (TPSA) is 63.6 Å². The molecule has 0 unspecified atom stereocenters. The number of aryl methyl sites for hydroxylation is 4. The van der Waals surface area contributed by atoms with Gasteiger partial charge >= 0.3 is 11.9 Å². The summed E-state index contributed by atoms with van der Waals surface area (Å²) in [6.07, 6.45) is 0. The molecule has 2 aromatic heterocycles. The van der Waals surface area contributed by atoms with Gasteiger partial charge in [0.05, 0.1) is 7.11 Å². The van der Waals surface area contributed by atoms with E-state index in [2.05, 4.69) is 26.0 Å². The Bertz CT molecular complexity index is 1150. The van der Waals surface area contributed by atoms with Crippen LogP contribution in [0.4, 0.5) is 0 Å². The number of carbonyl (C=O) groups excluding carboxylic acids is 1. The molecule has 0 amide bonds. The molecule has 1 N–H and O–H groups in total. The Labute approximate surface area is 177 Å². The first-order valence-electron chi connectivity index (χ1n) is 9.02. The number of carbonyl (C=O) groups is 2. The molecule has 0 spiro atoms.